The van der Waals surface area contributed by atoms with E-state index in [-0.39, 0.29) is 12.6 Å². The summed E-state index contributed by atoms with van der Waals surface area (Å²) in [5.41, 5.74) is 6.05. The molecule has 0 bridgehead atoms. The zero-order chi connectivity index (χ0) is 25.8. The molecular formula is C27H35N5O5. The Labute approximate surface area is 216 Å². The monoisotopic (exact) mass is 509 g/mol. The van der Waals surface area contributed by atoms with Crippen LogP contribution in [0.25, 0.3) is 5.52 Å². The zero-order valence-corrected chi connectivity index (χ0v) is 21.5. The number of fused-ring (bicyclic) bond motifs is 2. The Morgan fingerprint density at radius 3 is 2.68 bits per heavy atom. The maximum atomic E-state index is 12.8. The van der Waals surface area contributed by atoms with Crippen molar-refractivity contribution >= 4 is 17.3 Å². The lowest BCUT2D eigenvalue weighted by molar-refractivity contribution is -0.207. The highest BCUT2D eigenvalue weighted by atomic mass is 16.8. The van der Waals surface area contributed by atoms with Crippen LogP contribution in [-0.2, 0) is 29.3 Å². The number of rotatable bonds is 5. The molecule has 2 saturated heterocycles. The Kier molecular flexibility index (Phi) is 5.93. The summed E-state index contributed by atoms with van der Waals surface area (Å²) in [6.07, 6.45) is 9.77. The minimum absolute atomic E-state index is 0.0139. The topological polar surface area (TPSA) is 134 Å². The molecule has 2 aliphatic heterocycles. The van der Waals surface area contributed by atoms with Gasteiger partial charge in [0.05, 0.1) is 5.69 Å². The minimum Gasteiger partial charge on any atom is -0.463 e. The molecule has 4 heterocycles. The third-order valence-electron chi connectivity index (χ3n) is 8.96. The molecule has 0 aromatic carbocycles. The highest BCUT2D eigenvalue weighted by Gasteiger charge is 2.65. The molecule has 1 spiro atoms. The summed E-state index contributed by atoms with van der Waals surface area (Å²) in [6.45, 7) is 3.58. The van der Waals surface area contributed by atoms with Gasteiger partial charge in [0.15, 0.2) is 11.6 Å². The Balaban J connectivity index is 1.16. The summed E-state index contributed by atoms with van der Waals surface area (Å²) in [7, 11) is 0. The predicted molar refractivity (Wildman–Crippen MR) is 132 cm³/mol. The smallest absolute Gasteiger partial charge is 0.306 e. The van der Waals surface area contributed by atoms with E-state index in [1.807, 2.05) is 0 Å². The quantitative estimate of drug-likeness (QED) is 0.600. The van der Waals surface area contributed by atoms with Crippen molar-refractivity contribution in [1.82, 2.24) is 14.6 Å². The zero-order valence-electron chi connectivity index (χ0n) is 21.5. The largest absolute Gasteiger partial charge is 0.463 e. The number of carbonyl (C=O) groups is 1. The fraction of sp³-hybridized carbons (Fsp3) is 0.704. The molecule has 10 heteroatoms. The van der Waals surface area contributed by atoms with Crippen molar-refractivity contribution in [3.8, 4) is 6.07 Å². The van der Waals surface area contributed by atoms with E-state index in [1.165, 1.54) is 44.9 Å². The van der Waals surface area contributed by atoms with Crippen molar-refractivity contribution in [2.45, 2.75) is 101 Å². The number of hydrogen-bond donors (Lipinski definition) is 1. The van der Waals surface area contributed by atoms with Gasteiger partial charge in [0, 0.05) is 6.42 Å². The van der Waals surface area contributed by atoms with Crippen LogP contribution in [0.5, 0.6) is 0 Å². The third kappa shape index (κ3) is 4.17. The van der Waals surface area contributed by atoms with Gasteiger partial charge < -0.3 is 24.7 Å². The molecule has 10 nitrogen and oxygen atoms in total. The molecule has 6 rings (SSSR count). The number of anilines is 1. The molecule has 4 aliphatic rings. The van der Waals surface area contributed by atoms with Gasteiger partial charge in [-0.15, -0.1) is 0 Å². The summed E-state index contributed by atoms with van der Waals surface area (Å²) < 4.78 is 26.0. The van der Waals surface area contributed by atoms with Crippen molar-refractivity contribution in [1.29, 1.82) is 5.26 Å². The second-order valence-electron chi connectivity index (χ2n) is 11.7. The number of nitrogens with two attached hydrogens (primary N) is 1. The van der Waals surface area contributed by atoms with Crippen LogP contribution < -0.4 is 5.73 Å². The Morgan fingerprint density at radius 1 is 1.19 bits per heavy atom. The van der Waals surface area contributed by atoms with Crippen molar-refractivity contribution in [3.05, 3.63) is 24.2 Å². The van der Waals surface area contributed by atoms with E-state index in [4.69, 9.17) is 24.7 Å². The first kappa shape index (κ1) is 24.6. The lowest BCUT2D eigenvalue weighted by atomic mass is 9.69. The summed E-state index contributed by atoms with van der Waals surface area (Å²) >= 11 is 0. The number of hydrogen-bond acceptors (Lipinski definition) is 9. The Bertz CT molecular complexity index is 1220. The number of carbonyl (C=O) groups excluding carboxylic acids is 1. The highest BCUT2D eigenvalue weighted by molar-refractivity contribution is 5.69. The maximum absolute atomic E-state index is 12.8. The molecule has 2 saturated carbocycles. The lowest BCUT2D eigenvalue weighted by Crippen LogP contribution is -2.40. The van der Waals surface area contributed by atoms with Gasteiger partial charge in [-0.1, -0.05) is 12.8 Å². The van der Waals surface area contributed by atoms with Crippen LogP contribution in [0.2, 0.25) is 0 Å². The van der Waals surface area contributed by atoms with Crippen LogP contribution in [0, 0.1) is 22.7 Å². The highest BCUT2D eigenvalue weighted by Crippen LogP contribution is 2.51. The summed E-state index contributed by atoms with van der Waals surface area (Å²) in [5, 5.41) is 14.7. The molecule has 0 amide bonds. The first-order valence-corrected chi connectivity index (χ1v) is 13.4. The average molecular weight is 510 g/mol. The SMILES string of the molecule is CC1(C)O[C@H]2[C@@H](O1)[C@](C#N)(c1ccc3c(N)ncnn13)O[C@@H]2COC(=O)CC1CCC2(CCCC2)CC1. The van der Waals surface area contributed by atoms with E-state index in [0.29, 0.717) is 34.8 Å². The second-order valence-corrected chi connectivity index (χ2v) is 11.7. The first-order chi connectivity index (χ1) is 17.7. The maximum Gasteiger partial charge on any atom is 0.306 e. The first-order valence-electron chi connectivity index (χ1n) is 13.4. The fourth-order valence-electron chi connectivity index (χ4n) is 7.05. The summed E-state index contributed by atoms with van der Waals surface area (Å²) in [6, 6.07) is 5.80. The van der Waals surface area contributed by atoms with Gasteiger partial charge in [-0.05, 0) is 75.8 Å². The number of nitriles is 1. The molecule has 37 heavy (non-hydrogen) atoms. The van der Waals surface area contributed by atoms with Crippen molar-refractivity contribution in [2.75, 3.05) is 12.3 Å². The number of ether oxygens (including phenoxy) is 4. The number of aromatic nitrogens is 3. The van der Waals surface area contributed by atoms with Crippen molar-refractivity contribution in [2.24, 2.45) is 11.3 Å². The summed E-state index contributed by atoms with van der Waals surface area (Å²) in [5.74, 6) is -0.493. The van der Waals surface area contributed by atoms with E-state index in [0.717, 1.165) is 12.8 Å². The van der Waals surface area contributed by atoms with E-state index in [2.05, 4.69) is 16.2 Å². The van der Waals surface area contributed by atoms with E-state index < -0.39 is 29.7 Å². The van der Waals surface area contributed by atoms with Crippen LogP contribution >= 0.6 is 0 Å². The molecule has 198 valence electrons. The van der Waals surface area contributed by atoms with Gasteiger partial charge in [-0.25, -0.2) is 9.50 Å². The number of nitrogen functional groups attached to an aromatic ring is 1. The molecule has 2 aromatic rings. The van der Waals surface area contributed by atoms with Crippen LogP contribution in [0.1, 0.15) is 77.3 Å². The fourth-order valence-corrected chi connectivity index (χ4v) is 7.05. The van der Waals surface area contributed by atoms with Crippen LogP contribution in [0.4, 0.5) is 5.82 Å². The van der Waals surface area contributed by atoms with Gasteiger partial charge in [-0.3, -0.25) is 4.79 Å². The molecule has 0 radical (unpaired) electrons. The van der Waals surface area contributed by atoms with Gasteiger partial charge in [0.25, 0.3) is 0 Å². The van der Waals surface area contributed by atoms with Crippen LogP contribution in [-0.4, -0.2) is 51.3 Å². The molecule has 2 N–H and O–H groups in total. The molecule has 4 fully saturated rings. The van der Waals surface area contributed by atoms with Gasteiger partial charge in [-0.2, -0.15) is 10.4 Å². The Hall–Kier alpha value is -2.74. The van der Waals surface area contributed by atoms with Gasteiger partial charge >= 0.3 is 5.97 Å². The number of esters is 1. The molecule has 4 atom stereocenters. The van der Waals surface area contributed by atoms with E-state index in [1.54, 1.807) is 30.5 Å². The van der Waals surface area contributed by atoms with Crippen molar-refractivity contribution in [3.63, 3.8) is 0 Å². The van der Waals surface area contributed by atoms with Crippen LogP contribution in [0.3, 0.4) is 0 Å². The predicted octanol–water partition coefficient (Wildman–Crippen LogP) is 3.63. The van der Waals surface area contributed by atoms with Gasteiger partial charge in [0.1, 0.15) is 42.8 Å². The average Bonchev–Trinajstić information content (AvgIpc) is 3.63. The number of nitrogens with zero attached hydrogens (tertiary/aromatic N) is 4. The molecule has 2 aliphatic carbocycles. The second kappa shape index (κ2) is 8.93. The third-order valence-corrected chi connectivity index (χ3v) is 8.96. The summed E-state index contributed by atoms with van der Waals surface area (Å²) in [4.78, 5) is 16.8. The van der Waals surface area contributed by atoms with E-state index in [9.17, 15) is 10.1 Å². The van der Waals surface area contributed by atoms with E-state index >= 15 is 0 Å². The molecule has 2 aromatic heterocycles. The Morgan fingerprint density at radius 2 is 1.95 bits per heavy atom. The van der Waals surface area contributed by atoms with Crippen molar-refractivity contribution < 1.29 is 23.7 Å². The van der Waals surface area contributed by atoms with Crippen LogP contribution in [0.15, 0.2) is 18.5 Å². The van der Waals surface area contributed by atoms with Gasteiger partial charge in [0.2, 0.25) is 5.60 Å². The normalized spacial score (nSPS) is 32.5. The lowest BCUT2D eigenvalue weighted by Gasteiger charge is -2.37. The molecular weight excluding hydrogens is 474 g/mol. The minimum atomic E-state index is -1.53. The molecule has 0 unspecified atom stereocenters. The standard InChI is InChI=1S/C27H35N5O5/c1-25(2)36-22-19(14-34-21(33)13-17-7-11-26(12-8-17)9-3-4-10-26)35-27(15-28,23(22)37-25)20-6-5-18-24(29)30-16-31-32(18)20/h5-6,16-17,19,22-23H,3-4,7-14H2,1-2H3,(H2,29,30,31)/t19-,22-,23-,27+/m1/s1.